The summed E-state index contributed by atoms with van der Waals surface area (Å²) in [6, 6.07) is 1.65. The number of nitrogens with one attached hydrogen (secondary N) is 1. The van der Waals surface area contributed by atoms with Crippen LogP contribution in [0.15, 0.2) is 16.7 Å². The van der Waals surface area contributed by atoms with E-state index in [4.69, 9.17) is 15.2 Å². The van der Waals surface area contributed by atoms with Gasteiger partial charge in [0.2, 0.25) is 6.79 Å². The zero-order valence-corrected chi connectivity index (χ0v) is 10.1. The lowest BCUT2D eigenvalue weighted by molar-refractivity contribution is 0.174. The minimum absolute atomic E-state index is 0.0438. The molecule has 0 spiro atoms. The fourth-order valence-electron chi connectivity index (χ4n) is 1.75. The average molecular weight is 298 g/mol. The Bertz CT molecular complexity index is 597. The first-order valence-electron chi connectivity index (χ1n) is 4.78. The van der Waals surface area contributed by atoms with Gasteiger partial charge in [-0.2, -0.15) is 5.10 Å². The van der Waals surface area contributed by atoms with Crippen LogP contribution in [0.3, 0.4) is 0 Å². The molecule has 2 heterocycles. The summed E-state index contributed by atoms with van der Waals surface area (Å²) in [7, 11) is 0. The lowest BCUT2D eigenvalue weighted by atomic mass is 10.1. The average Bonchev–Trinajstić information content (AvgIpc) is 2.89. The second-order valence-electron chi connectivity index (χ2n) is 3.51. The van der Waals surface area contributed by atoms with Crippen molar-refractivity contribution >= 4 is 21.7 Å². The van der Waals surface area contributed by atoms with Gasteiger partial charge in [0, 0.05) is 6.07 Å². The normalized spacial score (nSPS) is 13.0. The van der Waals surface area contributed by atoms with Crippen LogP contribution >= 0.6 is 15.9 Å². The standard InChI is InChI=1S/C10H8BrN3O3/c11-5-1-6-9(17-3-16-6)7(8(5)15)4-2-13-14-10(4)12/h1-2,15H,3H2,(H3,12,13,14). The third-order valence-electron chi connectivity index (χ3n) is 2.53. The molecule has 1 aromatic carbocycles. The minimum atomic E-state index is 0.0438. The van der Waals surface area contributed by atoms with Gasteiger partial charge in [-0.15, -0.1) is 0 Å². The van der Waals surface area contributed by atoms with Crippen molar-refractivity contribution in [3.05, 3.63) is 16.7 Å². The molecule has 2 aromatic rings. The summed E-state index contributed by atoms with van der Waals surface area (Å²) in [6.07, 6.45) is 1.53. The van der Waals surface area contributed by atoms with Crippen LogP contribution < -0.4 is 15.2 Å². The maximum absolute atomic E-state index is 10.1. The summed E-state index contributed by atoms with van der Waals surface area (Å²) in [5.74, 6) is 1.43. The molecule has 1 aromatic heterocycles. The van der Waals surface area contributed by atoms with E-state index in [2.05, 4.69) is 26.1 Å². The zero-order chi connectivity index (χ0) is 12.0. The van der Waals surface area contributed by atoms with E-state index in [1.54, 1.807) is 6.07 Å². The highest BCUT2D eigenvalue weighted by atomic mass is 79.9. The Morgan fingerprint density at radius 2 is 2.29 bits per heavy atom. The number of phenolic OH excluding ortho intramolecular Hbond substituents is 1. The van der Waals surface area contributed by atoms with E-state index in [1.807, 2.05) is 0 Å². The number of benzene rings is 1. The van der Waals surface area contributed by atoms with Gasteiger partial charge in [0.15, 0.2) is 11.5 Å². The molecule has 3 rings (SSSR count). The molecule has 0 unspecified atom stereocenters. The highest BCUT2D eigenvalue weighted by Gasteiger charge is 2.26. The van der Waals surface area contributed by atoms with Gasteiger partial charge in [0.1, 0.15) is 11.6 Å². The van der Waals surface area contributed by atoms with Crippen LogP contribution in [0.2, 0.25) is 0 Å². The molecule has 88 valence electrons. The van der Waals surface area contributed by atoms with Crippen molar-refractivity contribution in [1.82, 2.24) is 10.2 Å². The van der Waals surface area contributed by atoms with Gasteiger partial charge >= 0.3 is 0 Å². The number of anilines is 1. The number of aromatic amines is 1. The third kappa shape index (κ3) is 1.42. The largest absolute Gasteiger partial charge is 0.506 e. The van der Waals surface area contributed by atoms with Gasteiger partial charge in [0.25, 0.3) is 0 Å². The molecular formula is C10H8BrN3O3. The summed E-state index contributed by atoms with van der Waals surface area (Å²) in [5, 5.41) is 16.5. The molecule has 0 atom stereocenters. The number of hydrogen-bond donors (Lipinski definition) is 3. The number of phenols is 1. The molecule has 0 saturated carbocycles. The molecule has 4 N–H and O–H groups in total. The summed E-state index contributed by atoms with van der Waals surface area (Å²) >= 11 is 3.25. The second-order valence-corrected chi connectivity index (χ2v) is 4.37. The summed E-state index contributed by atoms with van der Waals surface area (Å²) in [5.41, 5.74) is 6.79. The van der Waals surface area contributed by atoms with E-state index in [0.29, 0.717) is 32.9 Å². The summed E-state index contributed by atoms with van der Waals surface area (Å²) in [6.45, 7) is 0.121. The van der Waals surface area contributed by atoms with E-state index in [1.165, 1.54) is 6.20 Å². The molecule has 0 aliphatic carbocycles. The van der Waals surface area contributed by atoms with Gasteiger partial charge < -0.3 is 20.3 Å². The van der Waals surface area contributed by atoms with Crippen molar-refractivity contribution in [2.75, 3.05) is 12.5 Å². The van der Waals surface area contributed by atoms with E-state index in [-0.39, 0.29) is 12.5 Å². The number of fused-ring (bicyclic) bond motifs is 1. The number of nitrogen functional groups attached to an aromatic ring is 1. The predicted molar refractivity (Wildman–Crippen MR) is 63.9 cm³/mol. The number of H-pyrrole nitrogens is 1. The van der Waals surface area contributed by atoms with Crippen molar-refractivity contribution in [3.8, 4) is 28.4 Å². The van der Waals surface area contributed by atoms with Crippen LogP contribution in [0.4, 0.5) is 5.82 Å². The van der Waals surface area contributed by atoms with Gasteiger partial charge in [0.05, 0.1) is 21.8 Å². The van der Waals surface area contributed by atoms with Crippen LogP contribution in [0.1, 0.15) is 0 Å². The van der Waals surface area contributed by atoms with Gasteiger partial charge in [-0.3, -0.25) is 5.10 Å². The number of halogens is 1. The first-order valence-corrected chi connectivity index (χ1v) is 5.58. The highest BCUT2D eigenvalue weighted by molar-refractivity contribution is 9.10. The number of rotatable bonds is 1. The number of aromatic hydroxyl groups is 1. The molecule has 7 heteroatoms. The number of ether oxygens (including phenoxy) is 2. The van der Waals surface area contributed by atoms with Gasteiger partial charge in [-0.1, -0.05) is 0 Å². The Hall–Kier alpha value is -1.89. The lowest BCUT2D eigenvalue weighted by Crippen LogP contribution is -1.94. The monoisotopic (exact) mass is 297 g/mol. The van der Waals surface area contributed by atoms with Crippen LogP contribution in [0, 0.1) is 0 Å². The summed E-state index contributed by atoms with van der Waals surface area (Å²) < 4.78 is 11.1. The Morgan fingerprint density at radius 1 is 1.47 bits per heavy atom. The molecule has 0 saturated heterocycles. The van der Waals surface area contributed by atoms with Gasteiger partial charge in [-0.05, 0) is 15.9 Å². The van der Waals surface area contributed by atoms with Crippen molar-refractivity contribution in [1.29, 1.82) is 0 Å². The Morgan fingerprint density at radius 3 is 3.00 bits per heavy atom. The quantitative estimate of drug-likeness (QED) is 0.747. The van der Waals surface area contributed by atoms with Crippen LogP contribution in [-0.2, 0) is 0 Å². The Kier molecular flexibility index (Phi) is 2.15. The van der Waals surface area contributed by atoms with Crippen LogP contribution in [-0.4, -0.2) is 22.1 Å². The van der Waals surface area contributed by atoms with Crippen molar-refractivity contribution in [2.45, 2.75) is 0 Å². The highest BCUT2D eigenvalue weighted by Crippen LogP contribution is 2.50. The first kappa shape index (κ1) is 10.3. The molecule has 0 bridgehead atoms. The number of nitrogens with two attached hydrogens (primary N) is 1. The van der Waals surface area contributed by atoms with Crippen molar-refractivity contribution < 1.29 is 14.6 Å². The predicted octanol–water partition coefficient (Wildman–Crippen LogP) is 1.86. The fraction of sp³-hybridized carbons (Fsp3) is 0.100. The molecule has 6 nitrogen and oxygen atoms in total. The number of aromatic nitrogens is 2. The number of hydrogen-bond acceptors (Lipinski definition) is 5. The molecule has 0 amide bonds. The zero-order valence-electron chi connectivity index (χ0n) is 8.53. The van der Waals surface area contributed by atoms with E-state index >= 15 is 0 Å². The fourth-order valence-corrected chi connectivity index (χ4v) is 2.15. The maximum Gasteiger partial charge on any atom is 0.231 e. The van der Waals surface area contributed by atoms with Crippen LogP contribution in [0.5, 0.6) is 17.2 Å². The lowest BCUT2D eigenvalue weighted by Gasteiger charge is -2.09. The Labute approximate surface area is 104 Å². The first-order chi connectivity index (χ1) is 8.18. The topological polar surface area (TPSA) is 93.4 Å². The third-order valence-corrected chi connectivity index (χ3v) is 3.13. The van der Waals surface area contributed by atoms with E-state index in [0.717, 1.165) is 0 Å². The molecule has 17 heavy (non-hydrogen) atoms. The minimum Gasteiger partial charge on any atom is -0.506 e. The molecule has 0 fully saturated rings. The Balaban J connectivity index is 2.33. The second kappa shape index (κ2) is 3.56. The van der Waals surface area contributed by atoms with Crippen LogP contribution in [0.25, 0.3) is 11.1 Å². The molecule has 1 aliphatic heterocycles. The van der Waals surface area contributed by atoms with Crippen molar-refractivity contribution in [3.63, 3.8) is 0 Å². The maximum atomic E-state index is 10.1. The molecule has 0 radical (unpaired) electrons. The molecular weight excluding hydrogens is 290 g/mol. The number of nitrogens with zero attached hydrogens (tertiary/aromatic N) is 1. The van der Waals surface area contributed by atoms with E-state index in [9.17, 15) is 5.11 Å². The van der Waals surface area contributed by atoms with Gasteiger partial charge in [-0.25, -0.2) is 0 Å². The van der Waals surface area contributed by atoms with E-state index < -0.39 is 0 Å². The molecule has 1 aliphatic rings. The smallest absolute Gasteiger partial charge is 0.231 e. The SMILES string of the molecule is Nc1[nH]ncc1-c1c(O)c(Br)cc2c1OCO2. The summed E-state index contributed by atoms with van der Waals surface area (Å²) in [4.78, 5) is 0. The van der Waals surface area contributed by atoms with Crippen molar-refractivity contribution in [2.24, 2.45) is 0 Å².